The second-order valence-electron chi connectivity index (χ2n) is 9.45. The van der Waals surface area contributed by atoms with Crippen LogP contribution in [-0.2, 0) is 22.4 Å². The van der Waals surface area contributed by atoms with Gasteiger partial charge < -0.3 is 9.84 Å². The second kappa shape index (κ2) is 9.58. The number of carbonyl (C=O) groups excluding carboxylic acids is 2. The first-order valence-corrected chi connectivity index (χ1v) is 12.0. The number of carboxylic acid groups (broad SMARTS) is 1. The molecule has 0 radical (unpaired) electrons. The first-order valence-electron chi connectivity index (χ1n) is 12.0. The fourth-order valence-corrected chi connectivity index (χ4v) is 4.54. The largest absolute Gasteiger partial charge is 0.478 e. The molecule has 4 aromatic rings. The molecule has 1 fully saturated rings. The number of halogens is 1. The van der Waals surface area contributed by atoms with Gasteiger partial charge in [-0.3, -0.25) is 14.6 Å². The number of rotatable bonds is 9. The summed E-state index contributed by atoms with van der Waals surface area (Å²) in [6.07, 6.45) is 2.93. The normalized spacial score (nSPS) is 13.8. The Morgan fingerprint density at radius 2 is 1.51 bits per heavy atom. The lowest BCUT2D eigenvalue weighted by atomic mass is 9.88. The molecule has 6 nitrogen and oxygen atoms in total. The van der Waals surface area contributed by atoms with Crippen molar-refractivity contribution < 1.29 is 28.6 Å². The molecule has 5 rings (SSSR count). The smallest absolute Gasteiger partial charge is 0.335 e. The molecule has 3 aromatic carbocycles. The molecule has 1 aliphatic rings. The van der Waals surface area contributed by atoms with Gasteiger partial charge in [0.05, 0.1) is 16.5 Å². The Morgan fingerprint density at radius 1 is 0.919 bits per heavy atom. The molecule has 186 valence electrons. The molecule has 1 N–H and O–H groups in total. The van der Waals surface area contributed by atoms with Gasteiger partial charge in [0.1, 0.15) is 17.3 Å². The van der Waals surface area contributed by atoms with Crippen LogP contribution in [0.1, 0.15) is 39.9 Å². The van der Waals surface area contributed by atoms with Crippen molar-refractivity contribution >= 4 is 28.4 Å². The third kappa shape index (κ3) is 4.98. The van der Waals surface area contributed by atoms with Crippen LogP contribution >= 0.6 is 0 Å². The van der Waals surface area contributed by atoms with Crippen molar-refractivity contribution in [2.75, 3.05) is 0 Å². The van der Waals surface area contributed by atoms with Crippen LogP contribution < -0.4 is 4.74 Å². The number of ketones is 2. The molecular weight excluding hydrogens is 473 g/mol. The van der Waals surface area contributed by atoms with E-state index in [9.17, 15) is 23.9 Å². The molecule has 0 atom stereocenters. The highest BCUT2D eigenvalue weighted by Crippen LogP contribution is 2.48. The molecular formula is C30H24FNO5. The van der Waals surface area contributed by atoms with Crippen molar-refractivity contribution in [2.45, 2.75) is 32.6 Å². The van der Waals surface area contributed by atoms with E-state index in [2.05, 4.69) is 4.98 Å². The highest BCUT2D eigenvalue weighted by molar-refractivity contribution is 6.11. The number of fused-ring (bicyclic) bond motifs is 1. The number of aromatic carboxylic acids is 1. The van der Waals surface area contributed by atoms with Crippen molar-refractivity contribution in [3.63, 3.8) is 0 Å². The number of ether oxygens (including phenoxy) is 1. The molecule has 0 aliphatic heterocycles. The summed E-state index contributed by atoms with van der Waals surface area (Å²) >= 11 is 0. The lowest BCUT2D eigenvalue weighted by molar-refractivity contribution is -0.133. The summed E-state index contributed by atoms with van der Waals surface area (Å²) in [6.45, 7) is 1.72. The van der Waals surface area contributed by atoms with Crippen LogP contribution in [0.25, 0.3) is 10.9 Å². The Labute approximate surface area is 212 Å². The monoisotopic (exact) mass is 497 g/mol. The molecule has 37 heavy (non-hydrogen) atoms. The zero-order chi connectivity index (χ0) is 26.2. The minimum Gasteiger partial charge on any atom is -0.478 e. The molecule has 1 aromatic heterocycles. The summed E-state index contributed by atoms with van der Waals surface area (Å²) in [5, 5.41) is 10.0. The second-order valence-corrected chi connectivity index (χ2v) is 9.45. The minimum absolute atomic E-state index is 0.107. The number of benzene rings is 3. The van der Waals surface area contributed by atoms with Gasteiger partial charge in [0.2, 0.25) is 0 Å². The van der Waals surface area contributed by atoms with E-state index in [1.54, 1.807) is 67.7 Å². The topological polar surface area (TPSA) is 93.6 Å². The zero-order valence-corrected chi connectivity index (χ0v) is 20.2. The third-order valence-corrected chi connectivity index (χ3v) is 6.89. The van der Waals surface area contributed by atoms with Crippen LogP contribution in [0.3, 0.4) is 0 Å². The molecule has 0 saturated heterocycles. The number of pyridine rings is 1. The minimum atomic E-state index is -1.02. The SMILES string of the molecule is Cc1cc2nccc(Oc3ccc(CC(=O)C4(C(=O)Cc5ccc(F)cc5)CC4)cc3)c2cc1C(=O)O. The standard InChI is InChI=1S/C30H24FNO5/c1-18-14-25-24(17-23(18)29(35)36)26(10-13-32-25)37-22-8-4-20(5-9-22)16-28(34)30(11-12-30)27(33)15-19-2-6-21(31)7-3-19/h2-10,13-14,17H,11-12,15-16H2,1H3,(H,35,36). The lowest BCUT2D eigenvalue weighted by Gasteiger charge is -2.14. The lowest BCUT2D eigenvalue weighted by Crippen LogP contribution is -2.28. The number of aryl methyl sites for hydroxylation is 1. The van der Waals surface area contributed by atoms with Crippen LogP contribution in [-0.4, -0.2) is 27.6 Å². The van der Waals surface area contributed by atoms with Gasteiger partial charge in [-0.25, -0.2) is 9.18 Å². The van der Waals surface area contributed by atoms with E-state index in [1.807, 2.05) is 0 Å². The first kappa shape index (κ1) is 24.3. The Hall–Kier alpha value is -4.39. The van der Waals surface area contributed by atoms with Gasteiger partial charge in [0.25, 0.3) is 0 Å². The average Bonchev–Trinajstić information content (AvgIpc) is 3.69. The summed E-state index contributed by atoms with van der Waals surface area (Å²) in [7, 11) is 0. The van der Waals surface area contributed by atoms with E-state index in [1.165, 1.54) is 12.1 Å². The van der Waals surface area contributed by atoms with Gasteiger partial charge in [-0.1, -0.05) is 24.3 Å². The Morgan fingerprint density at radius 3 is 2.08 bits per heavy atom. The zero-order valence-electron chi connectivity index (χ0n) is 20.2. The highest BCUT2D eigenvalue weighted by atomic mass is 19.1. The number of carboxylic acids is 1. The quantitative estimate of drug-likeness (QED) is 0.291. The highest BCUT2D eigenvalue weighted by Gasteiger charge is 2.54. The van der Waals surface area contributed by atoms with Gasteiger partial charge in [-0.15, -0.1) is 0 Å². The summed E-state index contributed by atoms with van der Waals surface area (Å²) in [5.41, 5.74) is 1.94. The molecule has 1 heterocycles. The molecule has 0 amide bonds. The van der Waals surface area contributed by atoms with E-state index in [0.29, 0.717) is 46.4 Å². The van der Waals surface area contributed by atoms with Gasteiger partial charge in [-0.05, 0) is 78.9 Å². The van der Waals surface area contributed by atoms with E-state index in [-0.39, 0.29) is 35.8 Å². The average molecular weight is 498 g/mol. The number of hydrogen-bond donors (Lipinski definition) is 1. The van der Waals surface area contributed by atoms with Crippen molar-refractivity contribution in [1.29, 1.82) is 0 Å². The maximum Gasteiger partial charge on any atom is 0.335 e. The fraction of sp³-hybridized carbons (Fsp3) is 0.200. The van der Waals surface area contributed by atoms with Crippen LogP contribution in [0.5, 0.6) is 11.5 Å². The van der Waals surface area contributed by atoms with Crippen LogP contribution in [0.4, 0.5) is 4.39 Å². The van der Waals surface area contributed by atoms with Crippen molar-refractivity contribution in [3.8, 4) is 11.5 Å². The predicted molar refractivity (Wildman–Crippen MR) is 135 cm³/mol. The van der Waals surface area contributed by atoms with Crippen LogP contribution in [0.2, 0.25) is 0 Å². The predicted octanol–water partition coefficient (Wildman–Crippen LogP) is 5.88. The number of hydrogen-bond acceptors (Lipinski definition) is 5. The summed E-state index contributed by atoms with van der Waals surface area (Å²) < 4.78 is 19.2. The fourth-order valence-electron chi connectivity index (χ4n) is 4.54. The number of nitrogens with zero attached hydrogens (tertiary/aromatic N) is 1. The molecule has 7 heteroatoms. The van der Waals surface area contributed by atoms with Crippen LogP contribution in [0.15, 0.2) is 72.9 Å². The molecule has 0 unspecified atom stereocenters. The van der Waals surface area contributed by atoms with E-state index >= 15 is 0 Å². The first-order chi connectivity index (χ1) is 17.7. The maximum absolute atomic E-state index is 13.1. The molecule has 1 aliphatic carbocycles. The van der Waals surface area contributed by atoms with Crippen LogP contribution in [0, 0.1) is 18.2 Å². The van der Waals surface area contributed by atoms with Crippen molar-refractivity contribution in [1.82, 2.24) is 4.98 Å². The third-order valence-electron chi connectivity index (χ3n) is 6.89. The van der Waals surface area contributed by atoms with Gasteiger partial charge in [-0.2, -0.15) is 0 Å². The van der Waals surface area contributed by atoms with Crippen molar-refractivity contribution in [3.05, 3.63) is 101 Å². The Bertz CT molecular complexity index is 1520. The number of Topliss-reactive ketones (excluding diaryl/α,β-unsaturated/α-hetero) is 2. The van der Waals surface area contributed by atoms with E-state index in [0.717, 1.165) is 5.56 Å². The van der Waals surface area contributed by atoms with E-state index < -0.39 is 11.4 Å². The van der Waals surface area contributed by atoms with Gasteiger partial charge in [0, 0.05) is 24.4 Å². The summed E-state index contributed by atoms with van der Waals surface area (Å²) in [5.74, 6) is -0.616. The molecule has 1 saturated carbocycles. The summed E-state index contributed by atoms with van der Waals surface area (Å²) in [6, 6.07) is 17.7. The Kier molecular flexibility index (Phi) is 6.29. The Balaban J connectivity index is 1.28. The molecule has 0 bridgehead atoms. The summed E-state index contributed by atoms with van der Waals surface area (Å²) in [4.78, 5) is 41.8. The van der Waals surface area contributed by atoms with Gasteiger partial charge >= 0.3 is 5.97 Å². The number of aromatic nitrogens is 1. The maximum atomic E-state index is 13.1. The van der Waals surface area contributed by atoms with E-state index in [4.69, 9.17) is 4.74 Å². The molecule has 0 spiro atoms. The van der Waals surface area contributed by atoms with Gasteiger partial charge in [0.15, 0.2) is 11.6 Å². The van der Waals surface area contributed by atoms with Crippen molar-refractivity contribution in [2.24, 2.45) is 5.41 Å². The number of carbonyl (C=O) groups is 3.